The number of benzene rings is 1. The van der Waals surface area contributed by atoms with Crippen LogP contribution in [0.3, 0.4) is 0 Å². The third kappa shape index (κ3) is 4.11. The molecule has 1 aromatic carbocycles. The Kier molecular flexibility index (Phi) is 6.12. The molecule has 0 fully saturated rings. The molecule has 0 aliphatic heterocycles. The number of rotatable bonds is 7. The maximum absolute atomic E-state index is 9.16. The van der Waals surface area contributed by atoms with Gasteiger partial charge in [-0.3, -0.25) is 0 Å². The highest BCUT2D eigenvalue weighted by Crippen LogP contribution is 2.30. The predicted molar refractivity (Wildman–Crippen MR) is 76.8 cm³/mol. The summed E-state index contributed by atoms with van der Waals surface area (Å²) in [7, 11) is 3.26. The Morgan fingerprint density at radius 1 is 1.11 bits per heavy atom. The Labute approximate surface area is 115 Å². The zero-order valence-electron chi connectivity index (χ0n) is 12.4. The Hall–Kier alpha value is -1.26. The van der Waals surface area contributed by atoms with Crippen molar-refractivity contribution in [2.45, 2.75) is 32.9 Å². The topological polar surface area (TPSA) is 50.7 Å². The van der Waals surface area contributed by atoms with E-state index in [2.05, 4.69) is 19.2 Å². The molecule has 3 atom stereocenters. The van der Waals surface area contributed by atoms with Gasteiger partial charge in [0.05, 0.1) is 14.2 Å². The fraction of sp³-hybridized carbons (Fsp3) is 0.600. The maximum Gasteiger partial charge on any atom is 0.161 e. The van der Waals surface area contributed by atoms with Gasteiger partial charge < -0.3 is 19.9 Å². The van der Waals surface area contributed by atoms with Crippen LogP contribution in [0, 0.1) is 5.92 Å². The molecular formula is C15H25NO3. The molecule has 2 N–H and O–H groups in total. The van der Waals surface area contributed by atoms with Gasteiger partial charge in [-0.15, -0.1) is 0 Å². The van der Waals surface area contributed by atoms with E-state index in [0.29, 0.717) is 0 Å². The van der Waals surface area contributed by atoms with Gasteiger partial charge in [-0.1, -0.05) is 13.0 Å². The van der Waals surface area contributed by atoms with Gasteiger partial charge >= 0.3 is 0 Å². The van der Waals surface area contributed by atoms with Crippen LogP contribution >= 0.6 is 0 Å². The summed E-state index contributed by atoms with van der Waals surface area (Å²) in [5.74, 6) is 1.69. The smallest absolute Gasteiger partial charge is 0.161 e. The van der Waals surface area contributed by atoms with E-state index in [0.717, 1.165) is 17.1 Å². The van der Waals surface area contributed by atoms with Crippen LogP contribution in [0.5, 0.6) is 11.5 Å². The van der Waals surface area contributed by atoms with Gasteiger partial charge in [0, 0.05) is 18.7 Å². The molecule has 19 heavy (non-hydrogen) atoms. The molecule has 4 heteroatoms. The van der Waals surface area contributed by atoms with Gasteiger partial charge in [-0.2, -0.15) is 0 Å². The lowest BCUT2D eigenvalue weighted by Crippen LogP contribution is -2.35. The van der Waals surface area contributed by atoms with Gasteiger partial charge in [0.25, 0.3) is 0 Å². The molecule has 0 saturated heterocycles. The van der Waals surface area contributed by atoms with E-state index in [1.54, 1.807) is 14.2 Å². The largest absolute Gasteiger partial charge is 0.493 e. The Balaban J connectivity index is 2.79. The number of methoxy groups -OCH3 is 2. The Morgan fingerprint density at radius 2 is 1.74 bits per heavy atom. The predicted octanol–water partition coefficient (Wildman–Crippen LogP) is 2.37. The minimum Gasteiger partial charge on any atom is -0.493 e. The summed E-state index contributed by atoms with van der Waals surface area (Å²) in [6.07, 6.45) is 0. The van der Waals surface area contributed by atoms with E-state index < -0.39 is 0 Å². The first-order chi connectivity index (χ1) is 9.03. The van der Waals surface area contributed by atoms with Crippen molar-refractivity contribution in [1.82, 2.24) is 5.32 Å². The molecule has 0 aliphatic carbocycles. The molecule has 108 valence electrons. The molecule has 1 aromatic rings. The summed E-state index contributed by atoms with van der Waals surface area (Å²) in [5, 5.41) is 12.6. The standard InChI is InChI=1S/C15H25NO3/c1-10(9-17)11(2)16-12(3)13-6-7-14(18-4)15(8-13)19-5/h6-8,10-12,16-17H,9H2,1-5H3. The van der Waals surface area contributed by atoms with E-state index in [4.69, 9.17) is 14.6 Å². The van der Waals surface area contributed by atoms with E-state index >= 15 is 0 Å². The summed E-state index contributed by atoms with van der Waals surface area (Å²) in [4.78, 5) is 0. The molecule has 0 radical (unpaired) electrons. The van der Waals surface area contributed by atoms with Gasteiger partial charge in [-0.05, 0) is 37.5 Å². The summed E-state index contributed by atoms with van der Waals surface area (Å²) < 4.78 is 10.5. The van der Waals surface area contributed by atoms with E-state index in [-0.39, 0.29) is 24.6 Å². The number of hydrogen-bond donors (Lipinski definition) is 2. The summed E-state index contributed by atoms with van der Waals surface area (Å²) >= 11 is 0. The number of ether oxygens (including phenoxy) is 2. The number of hydrogen-bond acceptors (Lipinski definition) is 4. The Bertz CT molecular complexity index is 395. The van der Waals surface area contributed by atoms with Gasteiger partial charge in [0.15, 0.2) is 11.5 Å². The van der Waals surface area contributed by atoms with E-state index in [1.165, 1.54) is 0 Å². The molecule has 3 unspecified atom stereocenters. The average molecular weight is 267 g/mol. The highest BCUT2D eigenvalue weighted by atomic mass is 16.5. The van der Waals surface area contributed by atoms with Crippen LogP contribution in [0.1, 0.15) is 32.4 Å². The van der Waals surface area contributed by atoms with Crippen molar-refractivity contribution in [3.8, 4) is 11.5 Å². The van der Waals surface area contributed by atoms with Crippen LogP contribution in [0.15, 0.2) is 18.2 Å². The molecule has 1 rings (SSSR count). The van der Waals surface area contributed by atoms with Gasteiger partial charge in [0.2, 0.25) is 0 Å². The lowest BCUT2D eigenvalue weighted by Gasteiger charge is -2.24. The first kappa shape index (κ1) is 15.8. The normalized spacial score (nSPS) is 15.7. The molecule has 4 nitrogen and oxygen atoms in total. The molecular weight excluding hydrogens is 242 g/mol. The molecule has 0 amide bonds. The second-order valence-electron chi connectivity index (χ2n) is 4.95. The fourth-order valence-electron chi connectivity index (χ4n) is 1.94. The number of nitrogens with one attached hydrogen (secondary N) is 1. The van der Waals surface area contributed by atoms with Crippen molar-refractivity contribution < 1.29 is 14.6 Å². The van der Waals surface area contributed by atoms with Crippen LogP contribution < -0.4 is 14.8 Å². The second kappa shape index (κ2) is 7.36. The number of aliphatic hydroxyl groups excluding tert-OH is 1. The van der Waals surface area contributed by atoms with E-state index in [1.807, 2.05) is 25.1 Å². The molecule has 0 heterocycles. The maximum atomic E-state index is 9.16. The monoisotopic (exact) mass is 267 g/mol. The van der Waals surface area contributed by atoms with Crippen LogP contribution in [0.2, 0.25) is 0 Å². The van der Waals surface area contributed by atoms with Crippen molar-refractivity contribution in [1.29, 1.82) is 0 Å². The van der Waals surface area contributed by atoms with Crippen LogP contribution in [0.25, 0.3) is 0 Å². The number of aliphatic hydroxyl groups is 1. The highest BCUT2D eigenvalue weighted by molar-refractivity contribution is 5.43. The van der Waals surface area contributed by atoms with Gasteiger partial charge in [-0.25, -0.2) is 0 Å². The van der Waals surface area contributed by atoms with Crippen molar-refractivity contribution in [3.05, 3.63) is 23.8 Å². The van der Waals surface area contributed by atoms with Crippen molar-refractivity contribution in [2.75, 3.05) is 20.8 Å². The molecule has 0 aliphatic rings. The van der Waals surface area contributed by atoms with Crippen LogP contribution in [-0.2, 0) is 0 Å². The SMILES string of the molecule is COc1ccc(C(C)NC(C)C(C)CO)cc1OC. The van der Waals surface area contributed by atoms with Crippen molar-refractivity contribution in [3.63, 3.8) is 0 Å². The van der Waals surface area contributed by atoms with Crippen LogP contribution in [-0.4, -0.2) is 32.0 Å². The average Bonchev–Trinajstić information content (AvgIpc) is 2.45. The quantitative estimate of drug-likeness (QED) is 0.796. The minimum absolute atomic E-state index is 0.184. The first-order valence-electron chi connectivity index (χ1n) is 6.62. The summed E-state index contributed by atoms with van der Waals surface area (Å²) in [6, 6.07) is 6.34. The molecule has 0 aromatic heterocycles. The van der Waals surface area contributed by atoms with Gasteiger partial charge in [0.1, 0.15) is 0 Å². The minimum atomic E-state index is 0.184. The zero-order chi connectivity index (χ0) is 14.4. The van der Waals surface area contributed by atoms with E-state index in [9.17, 15) is 0 Å². The lowest BCUT2D eigenvalue weighted by atomic mass is 10.0. The highest BCUT2D eigenvalue weighted by Gasteiger charge is 2.16. The van der Waals surface area contributed by atoms with Crippen molar-refractivity contribution >= 4 is 0 Å². The summed E-state index contributed by atoms with van der Waals surface area (Å²) in [6.45, 7) is 6.39. The third-order valence-electron chi connectivity index (χ3n) is 3.56. The summed E-state index contributed by atoms with van der Waals surface area (Å²) in [5.41, 5.74) is 1.13. The molecule has 0 spiro atoms. The molecule has 0 saturated carbocycles. The van der Waals surface area contributed by atoms with Crippen molar-refractivity contribution in [2.24, 2.45) is 5.92 Å². The fourth-order valence-corrected chi connectivity index (χ4v) is 1.94. The first-order valence-corrected chi connectivity index (χ1v) is 6.62. The van der Waals surface area contributed by atoms with Crippen LogP contribution in [0.4, 0.5) is 0 Å². The second-order valence-corrected chi connectivity index (χ2v) is 4.95. The lowest BCUT2D eigenvalue weighted by molar-refractivity contribution is 0.202. The molecule has 0 bridgehead atoms. The Morgan fingerprint density at radius 3 is 2.26 bits per heavy atom. The zero-order valence-corrected chi connectivity index (χ0v) is 12.4. The third-order valence-corrected chi connectivity index (χ3v) is 3.56.